The Morgan fingerprint density at radius 3 is 2.94 bits per heavy atom. The maximum absolute atomic E-state index is 13.9. The first kappa shape index (κ1) is 21.9. The van der Waals surface area contributed by atoms with Gasteiger partial charge in [0.2, 0.25) is 0 Å². The van der Waals surface area contributed by atoms with Crippen LogP contribution in [-0.4, -0.2) is 56.2 Å². The monoisotopic (exact) mass is 481 g/mol. The lowest BCUT2D eigenvalue weighted by Crippen LogP contribution is -2.56. The van der Waals surface area contributed by atoms with E-state index in [-0.39, 0.29) is 42.0 Å². The van der Waals surface area contributed by atoms with Gasteiger partial charge in [-0.1, -0.05) is 12.1 Å². The fourth-order valence-corrected chi connectivity index (χ4v) is 5.88. The van der Waals surface area contributed by atoms with Crippen molar-refractivity contribution in [3.05, 3.63) is 53.1 Å². The third-order valence-electron chi connectivity index (χ3n) is 7.41. The van der Waals surface area contributed by atoms with E-state index in [0.29, 0.717) is 22.8 Å². The van der Waals surface area contributed by atoms with Crippen LogP contribution in [0.3, 0.4) is 0 Å². The molecule has 1 amide bonds. The molecule has 1 unspecified atom stereocenters. The van der Waals surface area contributed by atoms with Crippen molar-refractivity contribution in [3.63, 3.8) is 0 Å². The summed E-state index contributed by atoms with van der Waals surface area (Å²) in [6.07, 6.45) is 4.80. The highest BCUT2D eigenvalue weighted by molar-refractivity contribution is 6.00. The molecule has 10 heteroatoms. The minimum atomic E-state index is -2.71. The molecule has 3 aromatic rings. The molecule has 0 aliphatic carbocycles. The average molecular weight is 482 g/mol. The molecule has 3 atom stereocenters. The predicted octanol–water partition coefficient (Wildman–Crippen LogP) is 4.17. The van der Waals surface area contributed by atoms with Crippen LogP contribution in [0.4, 0.5) is 8.78 Å². The molecule has 2 aromatic heterocycles. The van der Waals surface area contributed by atoms with Crippen LogP contribution in [0.2, 0.25) is 0 Å². The Kier molecular flexibility index (Phi) is 5.38. The number of nitrogens with zero attached hydrogens (tertiary/aromatic N) is 5. The summed E-state index contributed by atoms with van der Waals surface area (Å²) in [7, 11) is 1.59. The van der Waals surface area contributed by atoms with Gasteiger partial charge >= 0.3 is 0 Å². The van der Waals surface area contributed by atoms with Gasteiger partial charge in [-0.3, -0.25) is 4.79 Å². The number of halogens is 2. The van der Waals surface area contributed by atoms with E-state index >= 15 is 0 Å². The maximum Gasteiger partial charge on any atom is 0.280 e. The normalized spacial score (nSPS) is 23.6. The number of aromatic nitrogens is 4. The topological polar surface area (TPSA) is 81.9 Å². The van der Waals surface area contributed by atoms with Gasteiger partial charge in [0.1, 0.15) is 18.6 Å². The Bertz CT molecular complexity index is 1320. The molecule has 0 saturated carbocycles. The third kappa shape index (κ3) is 3.62. The largest absolute Gasteiger partial charge is 0.493 e. The maximum atomic E-state index is 13.9. The van der Waals surface area contributed by atoms with Crippen LogP contribution in [-0.2, 0) is 4.79 Å². The highest BCUT2D eigenvalue weighted by Gasteiger charge is 2.45. The lowest BCUT2D eigenvalue weighted by atomic mass is 9.75. The third-order valence-corrected chi connectivity index (χ3v) is 7.41. The number of alkyl halides is 2. The number of para-hydroxylation sites is 1. The fourth-order valence-electron chi connectivity index (χ4n) is 5.88. The molecule has 2 saturated heterocycles. The number of piperidine rings is 2. The van der Waals surface area contributed by atoms with Gasteiger partial charge in [-0.2, -0.15) is 10.1 Å². The van der Waals surface area contributed by atoms with Gasteiger partial charge in [-0.05, 0) is 50.3 Å². The standard InChI is InChI=1S/C25H25F2N5O3/c1-34-21-7-2-4-14-10-15(12-35-22(14)21)24(33)31-16-5-3-6-19(31)17(9-8-16)20-11-18(23(26)27)30-25-28-13-29-32(20)25/h2,4,7,10-11,13,16-17,19,23H,3,5-6,8-9,12H2,1H3/t16-,17+,19?/m1/s1. The van der Waals surface area contributed by atoms with Crippen LogP contribution in [0.1, 0.15) is 61.4 Å². The molecule has 2 bridgehead atoms. The molecular weight excluding hydrogens is 456 g/mol. The summed E-state index contributed by atoms with van der Waals surface area (Å²) >= 11 is 0. The summed E-state index contributed by atoms with van der Waals surface area (Å²) in [4.78, 5) is 23.9. The first-order valence-corrected chi connectivity index (χ1v) is 11.9. The molecule has 5 heterocycles. The average Bonchev–Trinajstić information content (AvgIpc) is 3.36. The van der Waals surface area contributed by atoms with Crippen LogP contribution >= 0.6 is 0 Å². The zero-order valence-corrected chi connectivity index (χ0v) is 19.2. The Morgan fingerprint density at radius 2 is 2.11 bits per heavy atom. The summed E-state index contributed by atoms with van der Waals surface area (Å²) in [6, 6.07) is 7.01. The summed E-state index contributed by atoms with van der Waals surface area (Å²) in [5.74, 6) is 1.22. The van der Waals surface area contributed by atoms with Crippen molar-refractivity contribution >= 4 is 17.8 Å². The molecule has 6 rings (SSSR count). The molecule has 35 heavy (non-hydrogen) atoms. The second-order valence-electron chi connectivity index (χ2n) is 9.26. The number of hydrogen-bond acceptors (Lipinski definition) is 6. The lowest BCUT2D eigenvalue weighted by Gasteiger charge is -2.50. The number of benzene rings is 1. The van der Waals surface area contributed by atoms with Crippen LogP contribution < -0.4 is 9.47 Å². The van der Waals surface area contributed by atoms with Gasteiger partial charge in [0.25, 0.3) is 18.1 Å². The Labute approximate surface area is 200 Å². The van der Waals surface area contributed by atoms with Crippen molar-refractivity contribution in [2.24, 2.45) is 0 Å². The SMILES string of the molecule is COc1cccc2c1OCC(C(=O)N1C3CCC[C@@H]1CC[C@@H]3c1cc(C(F)F)nc3ncnn13)=C2. The van der Waals surface area contributed by atoms with Gasteiger partial charge in [-0.15, -0.1) is 0 Å². The van der Waals surface area contributed by atoms with Crippen molar-refractivity contribution in [1.29, 1.82) is 0 Å². The molecular formula is C25H25F2N5O3. The number of methoxy groups -OCH3 is 1. The van der Waals surface area contributed by atoms with Gasteiger partial charge < -0.3 is 14.4 Å². The van der Waals surface area contributed by atoms with Crippen LogP contribution in [0.25, 0.3) is 11.9 Å². The zero-order valence-electron chi connectivity index (χ0n) is 19.2. The van der Waals surface area contributed by atoms with Crippen molar-refractivity contribution in [1.82, 2.24) is 24.5 Å². The number of carbonyl (C=O) groups excluding carboxylic acids is 1. The Morgan fingerprint density at radius 1 is 1.23 bits per heavy atom. The second kappa shape index (κ2) is 8.58. The van der Waals surface area contributed by atoms with Crippen molar-refractivity contribution < 1.29 is 23.0 Å². The van der Waals surface area contributed by atoms with Gasteiger partial charge in [0.15, 0.2) is 11.5 Å². The van der Waals surface area contributed by atoms with E-state index in [1.165, 1.54) is 12.4 Å². The molecule has 182 valence electrons. The van der Waals surface area contributed by atoms with E-state index < -0.39 is 6.43 Å². The number of fused-ring (bicyclic) bond motifs is 4. The van der Waals surface area contributed by atoms with Gasteiger partial charge in [0.05, 0.1) is 18.4 Å². The minimum Gasteiger partial charge on any atom is -0.493 e. The highest BCUT2D eigenvalue weighted by Crippen LogP contribution is 2.44. The lowest BCUT2D eigenvalue weighted by molar-refractivity contribution is -0.137. The molecule has 3 aliphatic heterocycles. The summed E-state index contributed by atoms with van der Waals surface area (Å²) in [5.41, 5.74) is 1.70. The van der Waals surface area contributed by atoms with Crippen molar-refractivity contribution in [2.75, 3.05) is 13.7 Å². The molecule has 3 aliphatic rings. The smallest absolute Gasteiger partial charge is 0.280 e. The highest BCUT2D eigenvalue weighted by atomic mass is 19.3. The van der Waals surface area contributed by atoms with E-state index in [9.17, 15) is 13.6 Å². The number of rotatable bonds is 4. The van der Waals surface area contributed by atoms with Crippen LogP contribution in [0.5, 0.6) is 11.5 Å². The number of ether oxygens (including phenoxy) is 2. The van der Waals surface area contributed by atoms with Crippen molar-refractivity contribution in [3.8, 4) is 11.5 Å². The molecule has 2 fully saturated rings. The summed E-state index contributed by atoms with van der Waals surface area (Å²) in [5, 5.41) is 4.25. The van der Waals surface area contributed by atoms with E-state index in [4.69, 9.17) is 9.47 Å². The fraction of sp³-hybridized carbons (Fsp3) is 0.440. The Hall–Kier alpha value is -3.56. The number of hydrogen-bond donors (Lipinski definition) is 0. The van der Waals surface area contributed by atoms with Gasteiger partial charge in [0, 0.05) is 23.6 Å². The quantitative estimate of drug-likeness (QED) is 0.556. The minimum absolute atomic E-state index is 0.0594. The van der Waals surface area contributed by atoms with Gasteiger partial charge in [-0.25, -0.2) is 18.3 Å². The summed E-state index contributed by atoms with van der Waals surface area (Å²) in [6.45, 7) is 0.158. The van der Waals surface area contributed by atoms with E-state index in [2.05, 4.69) is 15.1 Å². The van der Waals surface area contributed by atoms with E-state index in [1.807, 2.05) is 29.2 Å². The first-order valence-electron chi connectivity index (χ1n) is 11.9. The summed E-state index contributed by atoms with van der Waals surface area (Å²) < 4.78 is 40.1. The molecule has 8 nitrogen and oxygen atoms in total. The Balaban J connectivity index is 1.37. The zero-order chi connectivity index (χ0) is 24.1. The van der Waals surface area contributed by atoms with E-state index in [1.54, 1.807) is 11.6 Å². The van der Waals surface area contributed by atoms with E-state index in [0.717, 1.165) is 37.7 Å². The molecule has 0 radical (unpaired) electrons. The van der Waals surface area contributed by atoms with Crippen LogP contribution in [0, 0.1) is 0 Å². The number of carbonyl (C=O) groups is 1. The molecule has 0 spiro atoms. The second-order valence-corrected chi connectivity index (χ2v) is 9.26. The van der Waals surface area contributed by atoms with Crippen molar-refractivity contribution in [2.45, 2.75) is 56.5 Å². The number of amides is 1. The molecule has 1 aromatic carbocycles. The first-order chi connectivity index (χ1) is 17.0. The predicted molar refractivity (Wildman–Crippen MR) is 122 cm³/mol. The molecule has 0 N–H and O–H groups in total. The van der Waals surface area contributed by atoms with Crippen LogP contribution in [0.15, 0.2) is 36.2 Å².